The zero-order chi connectivity index (χ0) is 18.4. The molecule has 0 fully saturated rings. The lowest BCUT2D eigenvalue weighted by molar-refractivity contribution is 0.366. The fourth-order valence-electron chi connectivity index (χ4n) is 3.97. The Morgan fingerprint density at radius 2 is 0.760 bits per heavy atom. The van der Waals surface area contributed by atoms with Crippen molar-refractivity contribution in [2.75, 3.05) is 0 Å². The Kier molecular flexibility index (Phi) is 22.2. The van der Waals surface area contributed by atoms with Crippen molar-refractivity contribution in [1.82, 2.24) is 0 Å². The zero-order valence-electron chi connectivity index (χ0n) is 18.0. The minimum Gasteiger partial charge on any atom is -0.0887 e. The van der Waals surface area contributed by atoms with Gasteiger partial charge < -0.3 is 0 Å². The van der Waals surface area contributed by atoms with Crippen LogP contribution >= 0.6 is 0 Å². The first kappa shape index (κ1) is 25.1. The molecule has 0 N–H and O–H groups in total. The minimum absolute atomic E-state index is 0.874. The largest absolute Gasteiger partial charge is 0.0887 e. The molecule has 0 aromatic rings. The van der Waals surface area contributed by atoms with Gasteiger partial charge in [-0.1, -0.05) is 149 Å². The first-order valence-electron chi connectivity index (χ1n) is 12.0. The maximum atomic E-state index is 5.59. The third kappa shape index (κ3) is 20.2. The molecular formula is C24H49B. The van der Waals surface area contributed by atoms with Gasteiger partial charge in [0.15, 0.2) is 0 Å². The van der Waals surface area contributed by atoms with Gasteiger partial charge in [-0.2, -0.15) is 0 Å². The Bertz CT molecular complexity index is 188. The second-order valence-electron chi connectivity index (χ2n) is 8.32. The van der Waals surface area contributed by atoms with Crippen molar-refractivity contribution in [2.24, 2.45) is 5.92 Å². The van der Waals surface area contributed by atoms with E-state index in [1.165, 1.54) is 128 Å². The summed E-state index contributed by atoms with van der Waals surface area (Å²) < 4.78 is 0. The quantitative estimate of drug-likeness (QED) is 0.143. The van der Waals surface area contributed by atoms with Crippen LogP contribution in [0.15, 0.2) is 0 Å². The molecule has 0 amide bonds. The molecular weight excluding hydrogens is 299 g/mol. The van der Waals surface area contributed by atoms with Gasteiger partial charge in [-0.25, -0.2) is 0 Å². The van der Waals surface area contributed by atoms with Crippen molar-refractivity contribution in [2.45, 2.75) is 149 Å². The topological polar surface area (TPSA) is 0 Å². The molecule has 2 radical (unpaired) electrons. The van der Waals surface area contributed by atoms with Crippen molar-refractivity contribution in [1.29, 1.82) is 0 Å². The highest BCUT2D eigenvalue weighted by Crippen LogP contribution is 2.24. The van der Waals surface area contributed by atoms with E-state index in [2.05, 4.69) is 13.8 Å². The molecule has 148 valence electrons. The van der Waals surface area contributed by atoms with Crippen LogP contribution in [0.2, 0.25) is 6.32 Å². The smallest absolute Gasteiger partial charge is 0.0653 e. The fourth-order valence-corrected chi connectivity index (χ4v) is 3.97. The van der Waals surface area contributed by atoms with Crippen molar-refractivity contribution in [3.05, 3.63) is 0 Å². The molecule has 0 aliphatic rings. The highest BCUT2D eigenvalue weighted by Gasteiger charge is 2.08. The summed E-state index contributed by atoms with van der Waals surface area (Å²) in [6, 6.07) is 0. The SMILES string of the molecule is [B]CCCCCCCC(CCCCCCCC)CCCCCCCC. The summed E-state index contributed by atoms with van der Waals surface area (Å²) in [6.07, 6.45) is 29.6. The highest BCUT2D eigenvalue weighted by atomic mass is 14.1. The van der Waals surface area contributed by atoms with Crippen LogP contribution in [0.5, 0.6) is 0 Å². The lowest BCUT2D eigenvalue weighted by atomic mass is 9.89. The summed E-state index contributed by atoms with van der Waals surface area (Å²) in [5, 5.41) is 0. The Hall–Kier alpha value is 0.0649. The second kappa shape index (κ2) is 22.1. The van der Waals surface area contributed by atoms with Crippen LogP contribution in [0.3, 0.4) is 0 Å². The van der Waals surface area contributed by atoms with Crippen LogP contribution in [0.1, 0.15) is 142 Å². The molecule has 1 heteroatoms. The van der Waals surface area contributed by atoms with Crippen LogP contribution < -0.4 is 0 Å². The van der Waals surface area contributed by atoms with E-state index >= 15 is 0 Å². The fraction of sp³-hybridized carbons (Fsp3) is 1.00. The van der Waals surface area contributed by atoms with Crippen molar-refractivity contribution in [3.8, 4) is 0 Å². The van der Waals surface area contributed by atoms with Gasteiger partial charge >= 0.3 is 0 Å². The lowest BCUT2D eigenvalue weighted by Gasteiger charge is -2.17. The van der Waals surface area contributed by atoms with Gasteiger partial charge in [0.1, 0.15) is 0 Å². The van der Waals surface area contributed by atoms with E-state index in [1.54, 1.807) is 0 Å². The molecule has 0 aliphatic heterocycles. The Morgan fingerprint density at radius 3 is 1.12 bits per heavy atom. The Morgan fingerprint density at radius 1 is 0.440 bits per heavy atom. The minimum atomic E-state index is 0.874. The van der Waals surface area contributed by atoms with Crippen LogP contribution in [-0.4, -0.2) is 7.85 Å². The lowest BCUT2D eigenvalue weighted by Crippen LogP contribution is -2.01. The molecule has 0 spiro atoms. The van der Waals surface area contributed by atoms with Gasteiger partial charge in [0.05, 0.1) is 7.85 Å². The summed E-state index contributed by atoms with van der Waals surface area (Å²) in [6.45, 7) is 4.62. The summed E-state index contributed by atoms with van der Waals surface area (Å²) in [7, 11) is 5.59. The van der Waals surface area contributed by atoms with E-state index in [9.17, 15) is 0 Å². The molecule has 0 unspecified atom stereocenters. The third-order valence-electron chi connectivity index (χ3n) is 5.75. The highest BCUT2D eigenvalue weighted by molar-refractivity contribution is 6.08. The molecule has 0 aliphatic carbocycles. The average Bonchev–Trinajstić information content (AvgIpc) is 2.63. The number of rotatable bonds is 21. The van der Waals surface area contributed by atoms with Crippen LogP contribution in [0.25, 0.3) is 0 Å². The molecule has 0 aromatic heterocycles. The van der Waals surface area contributed by atoms with Gasteiger partial charge in [-0.05, 0) is 5.92 Å². The van der Waals surface area contributed by atoms with Crippen LogP contribution in [0, 0.1) is 5.92 Å². The zero-order valence-corrected chi connectivity index (χ0v) is 18.0. The summed E-state index contributed by atoms with van der Waals surface area (Å²) in [5.74, 6) is 1.02. The molecule has 25 heavy (non-hydrogen) atoms. The standard InChI is InChI=1S/C24H49B/c1-3-5-7-9-12-16-20-24(21-17-13-10-8-6-4-2)22-18-14-11-15-19-23-25/h24H,3-23H2,1-2H3. The third-order valence-corrected chi connectivity index (χ3v) is 5.75. The molecule has 0 nitrogen and oxygen atoms in total. The summed E-state index contributed by atoms with van der Waals surface area (Å²) in [5.41, 5.74) is 0. The van der Waals surface area contributed by atoms with Crippen LogP contribution in [-0.2, 0) is 0 Å². The van der Waals surface area contributed by atoms with Gasteiger partial charge in [0.2, 0.25) is 0 Å². The number of hydrogen-bond donors (Lipinski definition) is 0. The van der Waals surface area contributed by atoms with E-state index in [-0.39, 0.29) is 0 Å². The molecule has 0 saturated heterocycles. The van der Waals surface area contributed by atoms with E-state index in [0.29, 0.717) is 0 Å². The predicted molar refractivity (Wildman–Crippen MR) is 118 cm³/mol. The van der Waals surface area contributed by atoms with E-state index < -0.39 is 0 Å². The number of hydrogen-bond acceptors (Lipinski definition) is 0. The van der Waals surface area contributed by atoms with Crippen LogP contribution in [0.4, 0.5) is 0 Å². The molecule has 0 saturated carbocycles. The van der Waals surface area contributed by atoms with Gasteiger partial charge in [-0.3, -0.25) is 0 Å². The molecule has 0 atom stereocenters. The first-order chi connectivity index (χ1) is 12.3. The van der Waals surface area contributed by atoms with E-state index in [1.807, 2.05) is 0 Å². The first-order valence-corrected chi connectivity index (χ1v) is 12.0. The predicted octanol–water partition coefficient (Wildman–Crippen LogP) is 9.03. The maximum Gasteiger partial charge on any atom is 0.0653 e. The van der Waals surface area contributed by atoms with Crippen molar-refractivity contribution < 1.29 is 0 Å². The molecule has 0 heterocycles. The van der Waals surface area contributed by atoms with E-state index in [4.69, 9.17) is 7.85 Å². The number of unbranched alkanes of at least 4 members (excludes halogenated alkanes) is 14. The Labute approximate surface area is 162 Å². The van der Waals surface area contributed by atoms with E-state index in [0.717, 1.165) is 12.2 Å². The monoisotopic (exact) mass is 348 g/mol. The van der Waals surface area contributed by atoms with Gasteiger partial charge in [0.25, 0.3) is 0 Å². The second-order valence-corrected chi connectivity index (χ2v) is 8.32. The maximum absolute atomic E-state index is 5.59. The molecule has 0 aromatic carbocycles. The molecule has 0 bridgehead atoms. The average molecular weight is 348 g/mol. The molecule has 0 rings (SSSR count). The Balaban J connectivity index is 3.76. The van der Waals surface area contributed by atoms with Gasteiger partial charge in [0, 0.05) is 0 Å². The van der Waals surface area contributed by atoms with Crippen molar-refractivity contribution >= 4 is 7.85 Å². The van der Waals surface area contributed by atoms with Gasteiger partial charge in [-0.15, -0.1) is 0 Å². The summed E-state index contributed by atoms with van der Waals surface area (Å²) >= 11 is 0. The summed E-state index contributed by atoms with van der Waals surface area (Å²) in [4.78, 5) is 0. The van der Waals surface area contributed by atoms with Crippen molar-refractivity contribution in [3.63, 3.8) is 0 Å². The normalized spacial score (nSPS) is 11.5.